The molecule has 4 rings (SSSR count). The number of likely N-dealkylation sites (tertiary alicyclic amines) is 1. The van der Waals surface area contributed by atoms with Gasteiger partial charge in [-0.3, -0.25) is 19.5 Å². The molecule has 2 heterocycles. The number of nitrogens with zero attached hydrogens (tertiary/aromatic N) is 2. The molecule has 1 aromatic carbocycles. The molecule has 0 saturated carbocycles. The van der Waals surface area contributed by atoms with E-state index in [-0.39, 0.29) is 24.2 Å². The molecule has 0 radical (unpaired) electrons. The maximum Gasteiger partial charge on any atom is 0.233 e. The monoisotopic (exact) mass is 632 g/mol. The molecule has 2 amide bonds. The molecular formula is C29H33IN2O6. The van der Waals surface area contributed by atoms with Crippen LogP contribution in [-0.4, -0.2) is 63.9 Å². The first-order valence-electron chi connectivity index (χ1n) is 12.7. The predicted molar refractivity (Wildman–Crippen MR) is 152 cm³/mol. The minimum absolute atomic E-state index is 0.0790. The lowest BCUT2D eigenvalue weighted by atomic mass is 9.67. The van der Waals surface area contributed by atoms with E-state index in [1.807, 2.05) is 37.3 Å². The number of aromatic hydroxyl groups is 1. The molecule has 0 bridgehead atoms. The number of fused-ring (bicyclic) bond motifs is 1. The number of ether oxygens (including phenoxy) is 1. The molecule has 1 aliphatic heterocycles. The number of methoxy groups -OCH3 is 1. The zero-order valence-electron chi connectivity index (χ0n) is 21.7. The van der Waals surface area contributed by atoms with Crippen LogP contribution in [0.2, 0.25) is 0 Å². The van der Waals surface area contributed by atoms with E-state index in [2.05, 4.69) is 27.6 Å². The zero-order chi connectivity index (χ0) is 27.6. The van der Waals surface area contributed by atoms with Crippen LogP contribution in [0.25, 0.3) is 11.6 Å². The van der Waals surface area contributed by atoms with Crippen LogP contribution >= 0.6 is 22.6 Å². The fraction of sp³-hybridized carbons (Fsp3) is 0.414. The molecule has 1 fully saturated rings. The minimum atomic E-state index is -0.890. The molecule has 1 saturated heterocycles. The molecule has 1 aliphatic carbocycles. The Bertz CT molecular complexity index is 1280. The molecule has 38 heavy (non-hydrogen) atoms. The third-order valence-electron chi connectivity index (χ3n) is 7.68. The number of benzene rings is 1. The molecule has 0 unspecified atom stereocenters. The second-order valence-electron chi connectivity index (χ2n) is 9.77. The van der Waals surface area contributed by atoms with Crippen molar-refractivity contribution in [3.63, 3.8) is 0 Å². The van der Waals surface area contributed by atoms with Gasteiger partial charge in [-0.25, -0.2) is 0 Å². The summed E-state index contributed by atoms with van der Waals surface area (Å²) in [7, 11) is 2.99. The van der Waals surface area contributed by atoms with Crippen LogP contribution in [-0.2, 0) is 9.59 Å². The summed E-state index contributed by atoms with van der Waals surface area (Å²) in [6.45, 7) is 1.67. The number of phenols is 1. The molecule has 8 nitrogen and oxygen atoms in total. The number of aliphatic hydroxyl groups is 2. The zero-order valence-corrected chi connectivity index (χ0v) is 23.9. The van der Waals surface area contributed by atoms with Crippen LogP contribution in [0.3, 0.4) is 0 Å². The SMILES string of the molecule is CCC1=C([C@H](O)CC/C(=C/c2cc(I)c(O)c(OC)c2)c2ccccn2)[C@H](CO)[C@@H]2C(=O)N(C)C(=O)[C@@H]2C1. The molecule has 2 aliphatic rings. The van der Waals surface area contributed by atoms with Crippen LogP contribution in [0.5, 0.6) is 11.5 Å². The van der Waals surface area contributed by atoms with Gasteiger partial charge in [-0.2, -0.15) is 0 Å². The summed E-state index contributed by atoms with van der Waals surface area (Å²) in [4.78, 5) is 31.2. The van der Waals surface area contributed by atoms with Gasteiger partial charge in [-0.1, -0.05) is 18.6 Å². The van der Waals surface area contributed by atoms with Crippen LogP contribution in [0.15, 0.2) is 47.7 Å². The first-order valence-corrected chi connectivity index (χ1v) is 13.8. The second kappa shape index (κ2) is 12.0. The van der Waals surface area contributed by atoms with E-state index >= 15 is 0 Å². The van der Waals surface area contributed by atoms with Crippen molar-refractivity contribution in [2.75, 3.05) is 20.8 Å². The summed E-state index contributed by atoms with van der Waals surface area (Å²) >= 11 is 2.05. The second-order valence-corrected chi connectivity index (χ2v) is 10.9. The largest absolute Gasteiger partial charge is 0.504 e. The lowest BCUT2D eigenvalue weighted by Crippen LogP contribution is -2.38. The number of phenolic OH excluding ortho intramolecular Hbond substituents is 1. The van der Waals surface area contributed by atoms with E-state index in [9.17, 15) is 24.9 Å². The highest BCUT2D eigenvalue weighted by Gasteiger charge is 2.53. The molecular weight excluding hydrogens is 599 g/mol. The molecule has 202 valence electrons. The van der Waals surface area contributed by atoms with E-state index < -0.39 is 23.9 Å². The van der Waals surface area contributed by atoms with Gasteiger partial charge >= 0.3 is 0 Å². The Kier molecular flexibility index (Phi) is 8.89. The highest BCUT2D eigenvalue weighted by molar-refractivity contribution is 14.1. The van der Waals surface area contributed by atoms with Crippen molar-refractivity contribution < 1.29 is 29.6 Å². The van der Waals surface area contributed by atoms with E-state index in [0.29, 0.717) is 40.6 Å². The van der Waals surface area contributed by atoms with Gasteiger partial charge in [0.25, 0.3) is 0 Å². The van der Waals surface area contributed by atoms with Gasteiger partial charge in [0, 0.05) is 19.2 Å². The maximum absolute atomic E-state index is 12.9. The lowest BCUT2D eigenvalue weighted by molar-refractivity contribution is -0.138. The van der Waals surface area contributed by atoms with Crippen LogP contribution in [0.4, 0.5) is 0 Å². The Morgan fingerprint density at radius 1 is 1.29 bits per heavy atom. The quantitative estimate of drug-likeness (QED) is 0.217. The Hall–Kier alpha value is -2.76. The van der Waals surface area contributed by atoms with Crippen LogP contribution < -0.4 is 4.74 Å². The van der Waals surface area contributed by atoms with Crippen molar-refractivity contribution in [2.45, 2.75) is 38.7 Å². The Labute approximate surface area is 236 Å². The molecule has 9 heteroatoms. The van der Waals surface area contributed by atoms with Crippen molar-refractivity contribution in [2.24, 2.45) is 17.8 Å². The summed E-state index contributed by atoms with van der Waals surface area (Å²) in [5, 5.41) is 32.0. The van der Waals surface area contributed by atoms with Crippen molar-refractivity contribution in [3.8, 4) is 11.5 Å². The number of aromatic nitrogens is 1. The number of pyridine rings is 1. The molecule has 3 N–H and O–H groups in total. The van der Waals surface area contributed by atoms with Gasteiger partial charge in [0.15, 0.2) is 11.5 Å². The third-order valence-corrected chi connectivity index (χ3v) is 8.50. The molecule has 0 spiro atoms. The van der Waals surface area contributed by atoms with Gasteiger partial charge in [0.2, 0.25) is 11.8 Å². The van der Waals surface area contributed by atoms with Crippen LogP contribution in [0.1, 0.15) is 43.9 Å². The fourth-order valence-electron chi connectivity index (χ4n) is 5.76. The molecule has 1 aromatic heterocycles. The number of hydrogen-bond acceptors (Lipinski definition) is 7. The lowest BCUT2D eigenvalue weighted by Gasteiger charge is -2.36. The molecule has 4 atom stereocenters. The Morgan fingerprint density at radius 2 is 2.05 bits per heavy atom. The van der Waals surface area contributed by atoms with E-state index in [1.165, 1.54) is 14.2 Å². The summed E-state index contributed by atoms with van der Waals surface area (Å²) in [6, 6.07) is 9.22. The van der Waals surface area contributed by atoms with E-state index in [1.54, 1.807) is 12.3 Å². The number of carbonyl (C=O) groups excluding carboxylic acids is 2. The number of rotatable bonds is 9. The van der Waals surface area contributed by atoms with Gasteiger partial charge in [0.1, 0.15) is 0 Å². The standard InChI is InChI=1S/C29H33IN2O6/c1-4-17-14-19-26(29(37)32(2)28(19)36)20(15-33)25(17)23(34)9-8-18(22-7-5-6-10-31-22)11-16-12-21(30)27(35)24(13-16)38-3/h5-7,10-13,19-20,23,26,33-35H,4,8-9,14-15H2,1-3H3/b18-11-/t19-,20+,23-,26-/m1/s1. The fourth-order valence-corrected chi connectivity index (χ4v) is 6.39. The summed E-state index contributed by atoms with van der Waals surface area (Å²) in [6.07, 6.45) is 4.65. The van der Waals surface area contributed by atoms with Gasteiger partial charge < -0.3 is 20.1 Å². The highest BCUT2D eigenvalue weighted by atomic mass is 127. The van der Waals surface area contributed by atoms with Gasteiger partial charge in [-0.05, 0) is 95.3 Å². The minimum Gasteiger partial charge on any atom is -0.504 e. The highest BCUT2D eigenvalue weighted by Crippen LogP contribution is 2.46. The smallest absolute Gasteiger partial charge is 0.233 e. The first kappa shape index (κ1) is 28.3. The van der Waals surface area contributed by atoms with Crippen molar-refractivity contribution >= 4 is 46.1 Å². The first-order chi connectivity index (χ1) is 18.2. The van der Waals surface area contributed by atoms with E-state index in [0.717, 1.165) is 27.3 Å². The van der Waals surface area contributed by atoms with Crippen LogP contribution in [0, 0.1) is 21.3 Å². The topological polar surface area (TPSA) is 120 Å². The average Bonchev–Trinajstić information content (AvgIpc) is 3.15. The van der Waals surface area contributed by atoms with Crippen molar-refractivity contribution in [3.05, 3.63) is 62.5 Å². The number of amides is 2. The van der Waals surface area contributed by atoms with E-state index in [4.69, 9.17) is 4.74 Å². The average molecular weight is 632 g/mol. The van der Waals surface area contributed by atoms with Gasteiger partial charge in [0.05, 0.1) is 40.9 Å². The molecule has 2 aromatic rings. The number of aliphatic hydroxyl groups excluding tert-OH is 2. The number of imide groups is 1. The number of hydrogen-bond donors (Lipinski definition) is 3. The van der Waals surface area contributed by atoms with Gasteiger partial charge in [-0.15, -0.1) is 0 Å². The number of allylic oxidation sites excluding steroid dienone is 2. The normalized spacial score (nSPS) is 22.6. The summed E-state index contributed by atoms with van der Waals surface area (Å²) < 4.78 is 5.96. The van der Waals surface area contributed by atoms with Crippen molar-refractivity contribution in [1.29, 1.82) is 0 Å². The summed E-state index contributed by atoms with van der Waals surface area (Å²) in [5.74, 6) is -1.77. The maximum atomic E-state index is 12.9. The Morgan fingerprint density at radius 3 is 2.68 bits per heavy atom. The van der Waals surface area contributed by atoms with Crippen molar-refractivity contribution in [1.82, 2.24) is 9.88 Å². The third kappa shape index (κ3) is 5.37. The number of halogens is 1. The Balaban J connectivity index is 1.65. The summed E-state index contributed by atoms with van der Waals surface area (Å²) in [5.41, 5.74) is 4.09. The number of carbonyl (C=O) groups is 2. The predicted octanol–water partition coefficient (Wildman–Crippen LogP) is 4.03.